The third-order valence-electron chi connectivity index (χ3n) is 1.95. The van der Waals surface area contributed by atoms with Crippen molar-refractivity contribution in [1.29, 1.82) is 0 Å². The summed E-state index contributed by atoms with van der Waals surface area (Å²) in [6.07, 6.45) is 1.37. The molecule has 9 heteroatoms. The number of rotatable bonds is 5. The number of nitro groups is 1. The van der Waals surface area contributed by atoms with Crippen LogP contribution < -0.4 is 5.32 Å². The van der Waals surface area contributed by atoms with Crippen molar-refractivity contribution in [1.82, 2.24) is 20.2 Å². The normalized spacial score (nSPS) is 10.3. The molecule has 18 heavy (non-hydrogen) atoms. The zero-order chi connectivity index (χ0) is 13.0. The Hall–Kier alpha value is -2.16. The minimum absolute atomic E-state index is 0.0111. The zero-order valence-corrected chi connectivity index (χ0v) is 10.3. The van der Waals surface area contributed by atoms with Crippen LogP contribution in [0.4, 0.5) is 11.5 Å². The minimum Gasteiger partial charge on any atom is -0.370 e. The highest BCUT2D eigenvalue weighted by Gasteiger charge is 2.12. The summed E-state index contributed by atoms with van der Waals surface area (Å²) in [6.45, 7) is 2.53. The molecular formula is C9H10N6O2S. The van der Waals surface area contributed by atoms with Gasteiger partial charge >= 0.3 is 0 Å². The molecule has 2 rings (SSSR count). The number of nitrogens with one attached hydrogen (secondary N) is 2. The van der Waals surface area contributed by atoms with Gasteiger partial charge in [0.15, 0.2) is 5.16 Å². The molecule has 0 aliphatic carbocycles. The first-order chi connectivity index (χ1) is 8.69. The number of hydrogen-bond acceptors (Lipinski definition) is 7. The summed E-state index contributed by atoms with van der Waals surface area (Å²) in [5.74, 6) is 0.466. The van der Waals surface area contributed by atoms with Crippen molar-refractivity contribution < 1.29 is 4.92 Å². The third-order valence-corrected chi connectivity index (χ3v) is 2.76. The maximum atomic E-state index is 10.8. The van der Waals surface area contributed by atoms with E-state index in [4.69, 9.17) is 0 Å². The van der Waals surface area contributed by atoms with Gasteiger partial charge in [-0.3, -0.25) is 15.2 Å². The molecule has 2 heterocycles. The van der Waals surface area contributed by atoms with E-state index in [9.17, 15) is 10.1 Å². The maximum absolute atomic E-state index is 10.8. The van der Waals surface area contributed by atoms with Gasteiger partial charge in [0.2, 0.25) is 0 Å². The third kappa shape index (κ3) is 2.94. The van der Waals surface area contributed by atoms with Gasteiger partial charge in [0.1, 0.15) is 17.2 Å². The number of pyridine rings is 1. The highest BCUT2D eigenvalue weighted by atomic mass is 32.2. The first-order valence-electron chi connectivity index (χ1n) is 5.12. The fraction of sp³-hybridized carbons (Fsp3) is 0.222. The van der Waals surface area contributed by atoms with Crippen molar-refractivity contribution in [3.8, 4) is 0 Å². The van der Waals surface area contributed by atoms with Gasteiger partial charge in [0.25, 0.3) is 5.69 Å². The van der Waals surface area contributed by atoms with E-state index in [0.29, 0.717) is 22.5 Å². The Kier molecular flexibility index (Phi) is 3.72. The zero-order valence-electron chi connectivity index (χ0n) is 9.45. The number of hydrogen-bond donors (Lipinski definition) is 2. The second-order valence-electron chi connectivity index (χ2n) is 3.23. The van der Waals surface area contributed by atoms with Crippen LogP contribution >= 0.6 is 11.8 Å². The van der Waals surface area contributed by atoms with Crippen LogP contribution in [0.2, 0.25) is 0 Å². The Bertz CT molecular complexity index is 544. The van der Waals surface area contributed by atoms with Gasteiger partial charge in [-0.05, 0) is 18.7 Å². The first-order valence-corrected chi connectivity index (χ1v) is 5.94. The number of H-pyrrole nitrogens is 1. The van der Waals surface area contributed by atoms with E-state index in [0.717, 1.165) is 0 Å². The molecule has 0 fully saturated rings. The molecule has 0 aliphatic heterocycles. The minimum atomic E-state index is -0.451. The van der Waals surface area contributed by atoms with Gasteiger partial charge < -0.3 is 5.32 Å². The SMILES string of the molecule is CCNc1cc([N+](=O)[O-])cc(Sc2ncn[nH]2)n1. The molecule has 2 aromatic rings. The number of aromatic amines is 1. The second kappa shape index (κ2) is 5.45. The van der Waals surface area contributed by atoms with Crippen LogP contribution in [0.25, 0.3) is 0 Å². The fourth-order valence-corrected chi connectivity index (χ4v) is 1.98. The summed E-state index contributed by atoms with van der Waals surface area (Å²) in [4.78, 5) is 18.5. The van der Waals surface area contributed by atoms with Gasteiger partial charge in [-0.1, -0.05) is 0 Å². The van der Waals surface area contributed by atoms with E-state index in [1.54, 1.807) is 0 Å². The monoisotopic (exact) mass is 266 g/mol. The topological polar surface area (TPSA) is 110 Å². The van der Waals surface area contributed by atoms with Crippen LogP contribution in [0, 0.1) is 10.1 Å². The van der Waals surface area contributed by atoms with Crippen LogP contribution in [0.5, 0.6) is 0 Å². The van der Waals surface area contributed by atoms with Gasteiger partial charge in [-0.25, -0.2) is 9.97 Å². The summed E-state index contributed by atoms with van der Waals surface area (Å²) in [7, 11) is 0. The molecule has 0 saturated heterocycles. The van der Waals surface area contributed by atoms with Crippen LogP contribution in [-0.2, 0) is 0 Å². The molecule has 0 spiro atoms. The van der Waals surface area contributed by atoms with Gasteiger partial charge in [0, 0.05) is 12.6 Å². The maximum Gasteiger partial charge on any atom is 0.275 e. The first kappa shape index (κ1) is 12.3. The van der Waals surface area contributed by atoms with E-state index in [1.807, 2.05) is 6.92 Å². The molecule has 0 unspecified atom stereocenters. The van der Waals surface area contributed by atoms with Crippen molar-refractivity contribution in [2.45, 2.75) is 17.1 Å². The van der Waals surface area contributed by atoms with E-state index >= 15 is 0 Å². The largest absolute Gasteiger partial charge is 0.370 e. The number of anilines is 1. The molecular weight excluding hydrogens is 256 g/mol. The van der Waals surface area contributed by atoms with Gasteiger partial charge in [-0.2, -0.15) is 5.10 Å². The molecule has 0 aromatic carbocycles. The molecule has 0 aliphatic rings. The Morgan fingerprint density at radius 3 is 3.00 bits per heavy atom. The molecule has 8 nitrogen and oxygen atoms in total. The van der Waals surface area contributed by atoms with Crippen LogP contribution in [0.15, 0.2) is 28.6 Å². The van der Waals surface area contributed by atoms with Crippen LogP contribution in [0.3, 0.4) is 0 Å². The Morgan fingerprint density at radius 2 is 2.39 bits per heavy atom. The average molecular weight is 266 g/mol. The molecule has 2 N–H and O–H groups in total. The Labute approximate surface area is 106 Å². The number of aromatic nitrogens is 4. The van der Waals surface area contributed by atoms with E-state index in [-0.39, 0.29) is 5.69 Å². The lowest BCUT2D eigenvalue weighted by Gasteiger charge is -2.04. The smallest absolute Gasteiger partial charge is 0.275 e. The van der Waals surface area contributed by atoms with Crippen molar-refractivity contribution in [2.75, 3.05) is 11.9 Å². The average Bonchev–Trinajstić information content (AvgIpc) is 2.82. The Balaban J connectivity index is 2.30. The molecule has 94 valence electrons. The van der Waals surface area contributed by atoms with Crippen molar-refractivity contribution in [2.24, 2.45) is 0 Å². The molecule has 0 saturated carbocycles. The summed E-state index contributed by atoms with van der Waals surface area (Å²) < 4.78 is 0. The van der Waals surface area contributed by atoms with Gasteiger partial charge in [-0.15, -0.1) is 0 Å². The lowest BCUT2D eigenvalue weighted by atomic mass is 10.4. The van der Waals surface area contributed by atoms with Crippen molar-refractivity contribution in [3.05, 3.63) is 28.6 Å². The summed E-state index contributed by atoms with van der Waals surface area (Å²) in [6, 6.07) is 2.79. The van der Waals surface area contributed by atoms with Crippen molar-refractivity contribution in [3.63, 3.8) is 0 Å². The highest BCUT2D eigenvalue weighted by molar-refractivity contribution is 7.99. The van der Waals surface area contributed by atoms with Crippen LogP contribution in [0.1, 0.15) is 6.92 Å². The molecule has 2 aromatic heterocycles. The van der Waals surface area contributed by atoms with Crippen LogP contribution in [-0.4, -0.2) is 31.6 Å². The molecule has 0 amide bonds. The lowest BCUT2D eigenvalue weighted by molar-refractivity contribution is -0.385. The highest BCUT2D eigenvalue weighted by Crippen LogP contribution is 2.27. The van der Waals surface area contributed by atoms with E-state index in [1.165, 1.54) is 30.2 Å². The predicted molar refractivity (Wildman–Crippen MR) is 65.6 cm³/mol. The summed E-state index contributed by atoms with van der Waals surface area (Å²) >= 11 is 1.18. The predicted octanol–water partition coefficient (Wildman–Crippen LogP) is 1.69. The van der Waals surface area contributed by atoms with E-state index in [2.05, 4.69) is 25.5 Å². The summed E-state index contributed by atoms with van der Waals surface area (Å²) in [5.41, 5.74) is -0.0111. The quantitative estimate of drug-likeness (QED) is 0.625. The summed E-state index contributed by atoms with van der Waals surface area (Å²) in [5, 5.41) is 21.1. The van der Waals surface area contributed by atoms with Gasteiger partial charge in [0.05, 0.1) is 11.0 Å². The molecule has 0 atom stereocenters. The fourth-order valence-electron chi connectivity index (χ4n) is 1.26. The van der Waals surface area contributed by atoms with E-state index < -0.39 is 4.92 Å². The lowest BCUT2D eigenvalue weighted by Crippen LogP contribution is -2.01. The Morgan fingerprint density at radius 1 is 1.56 bits per heavy atom. The number of nitrogens with zero attached hydrogens (tertiary/aromatic N) is 4. The van der Waals surface area contributed by atoms with Crippen molar-refractivity contribution >= 4 is 23.3 Å². The standard InChI is InChI=1S/C9H10N6O2S/c1-2-10-7-3-6(15(16)17)4-8(13-7)18-9-11-5-12-14-9/h3-5H,2H2,1H3,(H,10,13)(H,11,12,14). The second-order valence-corrected chi connectivity index (χ2v) is 4.24. The molecule has 0 radical (unpaired) electrons. The molecule has 0 bridgehead atoms.